The van der Waals surface area contributed by atoms with Crippen molar-refractivity contribution in [3.8, 4) is 5.75 Å². The molecule has 4 heteroatoms. The Balaban J connectivity index is 2.05. The first-order chi connectivity index (χ1) is 9.47. The molecule has 0 spiro atoms. The molecule has 0 unspecified atom stereocenters. The number of nitrogens with one attached hydrogen (secondary N) is 1. The lowest BCUT2D eigenvalue weighted by molar-refractivity contribution is -0.128. The van der Waals surface area contributed by atoms with E-state index >= 15 is 0 Å². The normalized spacial score (nSPS) is 10.9. The fourth-order valence-corrected chi connectivity index (χ4v) is 1.77. The molecule has 0 saturated carbocycles. The molecule has 0 bridgehead atoms. The van der Waals surface area contributed by atoms with Gasteiger partial charge in [-0.1, -0.05) is 29.8 Å². The quantitative estimate of drug-likeness (QED) is 0.919. The molecule has 104 valence electrons. The molecular weight excluding hydrogens is 274 g/mol. The summed E-state index contributed by atoms with van der Waals surface area (Å²) < 4.78 is 5.72. The van der Waals surface area contributed by atoms with Gasteiger partial charge >= 0.3 is 0 Å². The first-order valence-corrected chi connectivity index (χ1v) is 6.66. The number of rotatable bonds is 4. The van der Waals surface area contributed by atoms with Gasteiger partial charge in [0.25, 0.3) is 5.91 Å². The molecule has 1 N–H and O–H groups in total. The van der Waals surface area contributed by atoms with Gasteiger partial charge in [-0.2, -0.15) is 0 Å². The lowest BCUT2D eigenvalue weighted by Gasteiger charge is -2.25. The van der Waals surface area contributed by atoms with E-state index in [4.69, 9.17) is 16.3 Å². The number of carbonyl (C=O) groups is 1. The Morgan fingerprint density at radius 3 is 2.25 bits per heavy atom. The van der Waals surface area contributed by atoms with Crippen molar-refractivity contribution in [1.29, 1.82) is 0 Å². The average Bonchev–Trinajstić information content (AvgIpc) is 2.42. The fourth-order valence-electron chi connectivity index (χ4n) is 1.65. The molecule has 2 aromatic rings. The Labute approximate surface area is 123 Å². The largest absolute Gasteiger partial charge is 0.478 e. The summed E-state index contributed by atoms with van der Waals surface area (Å²) in [5, 5.41) is 3.45. The van der Waals surface area contributed by atoms with Crippen LogP contribution in [-0.4, -0.2) is 11.5 Å². The van der Waals surface area contributed by atoms with E-state index in [1.165, 1.54) is 0 Å². The number of halogens is 1. The molecule has 0 aliphatic carbocycles. The van der Waals surface area contributed by atoms with E-state index in [-0.39, 0.29) is 5.91 Å². The summed E-state index contributed by atoms with van der Waals surface area (Å²) in [7, 11) is 0. The van der Waals surface area contributed by atoms with E-state index in [0.29, 0.717) is 10.8 Å². The molecule has 0 radical (unpaired) electrons. The van der Waals surface area contributed by atoms with Crippen LogP contribution >= 0.6 is 11.6 Å². The average molecular weight is 290 g/mol. The maximum Gasteiger partial charge on any atom is 0.267 e. The Bertz CT molecular complexity index is 579. The maximum absolute atomic E-state index is 12.2. The third kappa shape index (κ3) is 3.75. The van der Waals surface area contributed by atoms with Crippen LogP contribution in [0.4, 0.5) is 5.69 Å². The van der Waals surface area contributed by atoms with Crippen molar-refractivity contribution in [2.45, 2.75) is 19.4 Å². The molecule has 2 rings (SSSR count). The zero-order valence-electron chi connectivity index (χ0n) is 11.4. The van der Waals surface area contributed by atoms with Crippen LogP contribution in [-0.2, 0) is 4.79 Å². The van der Waals surface area contributed by atoms with E-state index < -0.39 is 5.60 Å². The van der Waals surface area contributed by atoms with Crippen molar-refractivity contribution in [3.63, 3.8) is 0 Å². The van der Waals surface area contributed by atoms with Crippen LogP contribution in [0.5, 0.6) is 5.75 Å². The zero-order chi connectivity index (χ0) is 14.6. The number of ether oxygens (including phenoxy) is 1. The van der Waals surface area contributed by atoms with Gasteiger partial charge in [-0.3, -0.25) is 4.79 Å². The van der Waals surface area contributed by atoms with E-state index in [0.717, 1.165) is 5.69 Å². The Kier molecular flexibility index (Phi) is 4.30. The fraction of sp³-hybridized carbons (Fsp3) is 0.188. The standard InChI is InChI=1S/C16H16ClNO2/c1-16(2,20-14-10-8-12(17)9-11-14)15(19)18-13-6-4-3-5-7-13/h3-11H,1-2H3,(H,18,19). The van der Waals surface area contributed by atoms with Crippen LogP contribution in [0.25, 0.3) is 0 Å². The lowest BCUT2D eigenvalue weighted by atomic mass is 10.1. The topological polar surface area (TPSA) is 38.3 Å². The minimum absolute atomic E-state index is 0.210. The van der Waals surface area contributed by atoms with E-state index in [9.17, 15) is 4.79 Å². The van der Waals surface area contributed by atoms with Crippen molar-refractivity contribution >= 4 is 23.2 Å². The van der Waals surface area contributed by atoms with Gasteiger partial charge in [0, 0.05) is 10.7 Å². The van der Waals surface area contributed by atoms with Crippen LogP contribution < -0.4 is 10.1 Å². The first-order valence-electron chi connectivity index (χ1n) is 6.28. The lowest BCUT2D eigenvalue weighted by Crippen LogP contribution is -2.42. The van der Waals surface area contributed by atoms with Crippen molar-refractivity contribution in [2.24, 2.45) is 0 Å². The molecule has 0 saturated heterocycles. The second kappa shape index (κ2) is 5.97. The summed E-state index contributed by atoms with van der Waals surface area (Å²) in [5.41, 5.74) is -0.241. The predicted molar refractivity (Wildman–Crippen MR) is 81.2 cm³/mol. The second-order valence-electron chi connectivity index (χ2n) is 4.89. The summed E-state index contributed by atoms with van der Waals surface area (Å²) in [6.07, 6.45) is 0. The SMILES string of the molecule is CC(C)(Oc1ccc(Cl)cc1)C(=O)Nc1ccccc1. The highest BCUT2D eigenvalue weighted by molar-refractivity contribution is 6.30. The number of hydrogen-bond donors (Lipinski definition) is 1. The number of benzene rings is 2. The molecule has 3 nitrogen and oxygen atoms in total. The number of amides is 1. The molecule has 20 heavy (non-hydrogen) atoms. The molecule has 0 heterocycles. The van der Waals surface area contributed by atoms with Gasteiger partial charge in [0.15, 0.2) is 5.60 Å². The van der Waals surface area contributed by atoms with Crippen LogP contribution in [0.2, 0.25) is 5.02 Å². The molecule has 0 fully saturated rings. The Hall–Kier alpha value is -2.00. The third-order valence-corrected chi connectivity index (χ3v) is 3.02. The van der Waals surface area contributed by atoms with Crippen LogP contribution in [0.3, 0.4) is 0 Å². The summed E-state index contributed by atoms with van der Waals surface area (Å²) >= 11 is 5.82. The van der Waals surface area contributed by atoms with Crippen molar-refractivity contribution < 1.29 is 9.53 Å². The van der Waals surface area contributed by atoms with E-state index in [1.54, 1.807) is 38.1 Å². The second-order valence-corrected chi connectivity index (χ2v) is 5.32. The smallest absolute Gasteiger partial charge is 0.267 e. The minimum atomic E-state index is -0.982. The number of para-hydroxylation sites is 1. The number of hydrogen-bond acceptors (Lipinski definition) is 2. The van der Waals surface area contributed by atoms with Gasteiger partial charge < -0.3 is 10.1 Å². The molecule has 0 aromatic heterocycles. The first kappa shape index (κ1) is 14.4. The van der Waals surface area contributed by atoms with Gasteiger partial charge in [-0.25, -0.2) is 0 Å². The monoisotopic (exact) mass is 289 g/mol. The molecule has 1 amide bonds. The van der Waals surface area contributed by atoms with Crippen molar-refractivity contribution in [2.75, 3.05) is 5.32 Å². The molecule has 0 aliphatic rings. The number of anilines is 1. The molecule has 0 atom stereocenters. The molecule has 2 aromatic carbocycles. The Morgan fingerprint density at radius 2 is 1.65 bits per heavy atom. The minimum Gasteiger partial charge on any atom is -0.478 e. The molecular formula is C16H16ClNO2. The number of carbonyl (C=O) groups excluding carboxylic acids is 1. The summed E-state index contributed by atoms with van der Waals surface area (Å²) in [6.45, 7) is 3.44. The van der Waals surface area contributed by atoms with Gasteiger partial charge in [0.1, 0.15) is 5.75 Å². The maximum atomic E-state index is 12.2. The van der Waals surface area contributed by atoms with Crippen LogP contribution in [0.1, 0.15) is 13.8 Å². The highest BCUT2D eigenvalue weighted by Gasteiger charge is 2.30. The highest BCUT2D eigenvalue weighted by atomic mass is 35.5. The van der Waals surface area contributed by atoms with Crippen molar-refractivity contribution in [3.05, 3.63) is 59.6 Å². The Morgan fingerprint density at radius 1 is 1.05 bits per heavy atom. The zero-order valence-corrected chi connectivity index (χ0v) is 12.1. The van der Waals surface area contributed by atoms with E-state index in [1.807, 2.05) is 30.3 Å². The van der Waals surface area contributed by atoms with Gasteiger partial charge in [0.05, 0.1) is 0 Å². The van der Waals surface area contributed by atoms with Crippen LogP contribution in [0, 0.1) is 0 Å². The van der Waals surface area contributed by atoms with Gasteiger partial charge in [-0.05, 0) is 50.2 Å². The summed E-state index contributed by atoms with van der Waals surface area (Å²) in [5.74, 6) is 0.390. The summed E-state index contributed by atoms with van der Waals surface area (Å²) in [6, 6.07) is 16.2. The van der Waals surface area contributed by atoms with E-state index in [2.05, 4.69) is 5.32 Å². The highest BCUT2D eigenvalue weighted by Crippen LogP contribution is 2.22. The molecule has 0 aliphatic heterocycles. The van der Waals surface area contributed by atoms with Crippen molar-refractivity contribution in [1.82, 2.24) is 0 Å². The predicted octanol–water partition coefficient (Wildman–Crippen LogP) is 4.14. The van der Waals surface area contributed by atoms with Gasteiger partial charge in [-0.15, -0.1) is 0 Å². The summed E-state index contributed by atoms with van der Waals surface area (Å²) in [4.78, 5) is 12.2. The van der Waals surface area contributed by atoms with Crippen LogP contribution in [0.15, 0.2) is 54.6 Å². The third-order valence-electron chi connectivity index (χ3n) is 2.77. The van der Waals surface area contributed by atoms with Gasteiger partial charge in [0.2, 0.25) is 0 Å².